The van der Waals surface area contributed by atoms with Gasteiger partial charge in [0, 0.05) is 12.0 Å². The molecule has 0 spiro atoms. The first kappa shape index (κ1) is 24.2. The largest absolute Gasteiger partial charge is 0.310 e. The quantitative estimate of drug-likeness (QED) is 0.354. The number of hydrogen-bond acceptors (Lipinski definition) is 5. The number of amides is 1. The van der Waals surface area contributed by atoms with E-state index in [4.69, 9.17) is 0 Å². The number of rotatable bonds is 7. The number of aryl methyl sites for hydroxylation is 3. The Labute approximate surface area is 212 Å². The highest BCUT2D eigenvalue weighted by Gasteiger charge is 2.27. The van der Waals surface area contributed by atoms with Crippen LogP contribution in [-0.4, -0.2) is 35.4 Å². The second-order valence-corrected chi connectivity index (χ2v) is 10.2. The maximum absolute atomic E-state index is 13.2. The Hall–Kier alpha value is -3.55. The molecule has 1 aliphatic rings. The molecule has 1 N–H and O–H groups in total. The van der Waals surface area contributed by atoms with Gasteiger partial charge in [0.1, 0.15) is 12.1 Å². The van der Waals surface area contributed by atoms with E-state index >= 15 is 0 Å². The van der Waals surface area contributed by atoms with E-state index in [1.807, 2.05) is 23.7 Å². The van der Waals surface area contributed by atoms with Gasteiger partial charge in [-0.25, -0.2) is 14.6 Å². The molecular formula is C28H35N7O. The minimum absolute atomic E-state index is 0.0458. The molecule has 3 aromatic heterocycles. The smallest absolute Gasteiger partial charge is 0.228 e. The topological polar surface area (TPSA) is 90.5 Å². The van der Waals surface area contributed by atoms with Crippen LogP contribution in [0.25, 0.3) is 22.5 Å². The molecule has 1 aliphatic carbocycles. The fourth-order valence-electron chi connectivity index (χ4n) is 5.23. The van der Waals surface area contributed by atoms with Crippen molar-refractivity contribution in [1.29, 1.82) is 0 Å². The standard InChI is InChI=1S/C28H35N7O/c1-5-6-7-21-9-11-22(12-10-21)28(36)32-25-15-20(4)33-35(25)27-24-16-31-34(26(24)29-17-30-27)23-13-8-18(2)19(3)14-23/h8,13-17,21-22H,5-7,9-12H2,1-4H3,(H,32,36). The molecule has 1 fully saturated rings. The van der Waals surface area contributed by atoms with Crippen molar-refractivity contribution in [2.24, 2.45) is 11.8 Å². The van der Waals surface area contributed by atoms with E-state index < -0.39 is 0 Å². The van der Waals surface area contributed by atoms with E-state index in [0.29, 0.717) is 17.3 Å². The first-order chi connectivity index (χ1) is 17.4. The van der Waals surface area contributed by atoms with E-state index in [1.54, 1.807) is 10.9 Å². The van der Waals surface area contributed by atoms with Crippen LogP contribution in [0.3, 0.4) is 0 Å². The number of fused-ring (bicyclic) bond motifs is 1. The number of hydrogen-bond donors (Lipinski definition) is 1. The van der Waals surface area contributed by atoms with E-state index in [0.717, 1.165) is 48.4 Å². The van der Waals surface area contributed by atoms with Gasteiger partial charge in [0.25, 0.3) is 0 Å². The Morgan fingerprint density at radius 1 is 1.03 bits per heavy atom. The van der Waals surface area contributed by atoms with E-state index in [9.17, 15) is 4.79 Å². The normalized spacial score (nSPS) is 18.0. The Morgan fingerprint density at radius 2 is 1.83 bits per heavy atom. The molecule has 3 heterocycles. The second kappa shape index (κ2) is 10.2. The summed E-state index contributed by atoms with van der Waals surface area (Å²) in [6.45, 7) is 8.34. The highest BCUT2D eigenvalue weighted by atomic mass is 16.2. The summed E-state index contributed by atoms with van der Waals surface area (Å²) in [6.07, 6.45) is 11.3. The van der Waals surface area contributed by atoms with E-state index in [-0.39, 0.29) is 11.8 Å². The maximum Gasteiger partial charge on any atom is 0.228 e. The summed E-state index contributed by atoms with van der Waals surface area (Å²) in [5.74, 6) is 2.11. The van der Waals surface area contributed by atoms with Crippen LogP contribution < -0.4 is 5.32 Å². The summed E-state index contributed by atoms with van der Waals surface area (Å²) < 4.78 is 3.52. The van der Waals surface area contributed by atoms with Crippen LogP contribution in [-0.2, 0) is 4.79 Å². The molecule has 0 unspecified atom stereocenters. The van der Waals surface area contributed by atoms with Crippen molar-refractivity contribution < 1.29 is 4.79 Å². The molecule has 0 radical (unpaired) electrons. The number of carbonyl (C=O) groups excluding carboxylic acids is 1. The van der Waals surface area contributed by atoms with Crippen LogP contribution in [0.15, 0.2) is 36.8 Å². The zero-order valence-corrected chi connectivity index (χ0v) is 21.7. The number of nitrogens with one attached hydrogen (secondary N) is 1. The molecule has 4 aromatic rings. The lowest BCUT2D eigenvalue weighted by Crippen LogP contribution is -2.28. The summed E-state index contributed by atoms with van der Waals surface area (Å²) in [5.41, 5.74) is 4.86. The van der Waals surface area contributed by atoms with Crippen LogP contribution in [0.5, 0.6) is 0 Å². The molecule has 0 aliphatic heterocycles. The number of aromatic nitrogens is 6. The van der Waals surface area contributed by atoms with Crippen molar-refractivity contribution in [3.63, 3.8) is 0 Å². The molecular weight excluding hydrogens is 450 g/mol. The molecule has 1 aromatic carbocycles. The van der Waals surface area contributed by atoms with Gasteiger partial charge in [0.15, 0.2) is 11.5 Å². The Balaban J connectivity index is 1.40. The molecule has 1 amide bonds. The lowest BCUT2D eigenvalue weighted by Gasteiger charge is -2.27. The Morgan fingerprint density at radius 3 is 2.58 bits per heavy atom. The molecule has 188 valence electrons. The molecule has 0 bridgehead atoms. The lowest BCUT2D eigenvalue weighted by atomic mass is 9.79. The molecule has 1 saturated carbocycles. The monoisotopic (exact) mass is 485 g/mol. The van der Waals surface area contributed by atoms with Gasteiger partial charge in [0.2, 0.25) is 5.91 Å². The van der Waals surface area contributed by atoms with Crippen LogP contribution in [0, 0.1) is 32.6 Å². The van der Waals surface area contributed by atoms with E-state index in [1.165, 1.54) is 36.7 Å². The first-order valence-corrected chi connectivity index (χ1v) is 13.1. The molecule has 36 heavy (non-hydrogen) atoms. The Bertz CT molecular complexity index is 1380. The van der Waals surface area contributed by atoms with Crippen molar-refractivity contribution >= 4 is 22.8 Å². The predicted molar refractivity (Wildman–Crippen MR) is 142 cm³/mol. The van der Waals surface area contributed by atoms with Crippen LogP contribution in [0.1, 0.15) is 68.7 Å². The third-order valence-corrected chi connectivity index (χ3v) is 7.55. The average Bonchev–Trinajstić information content (AvgIpc) is 3.48. The van der Waals surface area contributed by atoms with Crippen molar-refractivity contribution in [3.8, 4) is 11.5 Å². The van der Waals surface area contributed by atoms with Gasteiger partial charge in [-0.15, -0.1) is 0 Å². The van der Waals surface area contributed by atoms with E-state index in [2.05, 4.69) is 58.4 Å². The Kier molecular flexibility index (Phi) is 6.85. The maximum atomic E-state index is 13.2. The van der Waals surface area contributed by atoms with Crippen molar-refractivity contribution in [2.45, 2.75) is 72.6 Å². The number of carbonyl (C=O) groups is 1. The third kappa shape index (κ3) is 4.76. The van der Waals surface area contributed by atoms with Crippen molar-refractivity contribution in [2.75, 3.05) is 5.32 Å². The number of unbranched alkanes of at least 4 members (excludes halogenated alkanes) is 1. The zero-order chi connectivity index (χ0) is 25.2. The fourth-order valence-corrected chi connectivity index (χ4v) is 5.23. The van der Waals surface area contributed by atoms with Crippen molar-refractivity contribution in [1.82, 2.24) is 29.5 Å². The number of benzene rings is 1. The van der Waals surface area contributed by atoms with Gasteiger partial charge < -0.3 is 5.32 Å². The van der Waals surface area contributed by atoms with Crippen LogP contribution >= 0.6 is 0 Å². The van der Waals surface area contributed by atoms with Crippen LogP contribution in [0.2, 0.25) is 0 Å². The van der Waals surface area contributed by atoms with Gasteiger partial charge in [-0.1, -0.05) is 32.3 Å². The summed E-state index contributed by atoms with van der Waals surface area (Å²) in [6, 6.07) is 8.12. The van der Waals surface area contributed by atoms with Crippen LogP contribution in [0.4, 0.5) is 5.82 Å². The van der Waals surface area contributed by atoms with Crippen molar-refractivity contribution in [3.05, 3.63) is 53.6 Å². The van der Waals surface area contributed by atoms with Gasteiger partial charge >= 0.3 is 0 Å². The van der Waals surface area contributed by atoms with Gasteiger partial charge in [0.05, 0.1) is 23.0 Å². The molecule has 0 saturated heterocycles. The third-order valence-electron chi connectivity index (χ3n) is 7.55. The van der Waals surface area contributed by atoms with Gasteiger partial charge in [-0.3, -0.25) is 4.79 Å². The molecule has 8 heteroatoms. The lowest BCUT2D eigenvalue weighted by molar-refractivity contribution is -0.121. The summed E-state index contributed by atoms with van der Waals surface area (Å²) in [7, 11) is 0. The first-order valence-electron chi connectivity index (χ1n) is 13.1. The fraction of sp³-hybridized carbons (Fsp3) is 0.464. The summed E-state index contributed by atoms with van der Waals surface area (Å²) >= 11 is 0. The highest BCUT2D eigenvalue weighted by Crippen LogP contribution is 2.33. The zero-order valence-electron chi connectivity index (χ0n) is 21.7. The van der Waals surface area contributed by atoms with Gasteiger partial charge in [-0.2, -0.15) is 14.9 Å². The average molecular weight is 486 g/mol. The number of anilines is 1. The molecule has 0 atom stereocenters. The number of nitrogens with zero attached hydrogens (tertiary/aromatic N) is 6. The predicted octanol–water partition coefficient (Wildman–Crippen LogP) is 5.86. The van der Waals surface area contributed by atoms with Gasteiger partial charge in [-0.05, 0) is 75.6 Å². The second-order valence-electron chi connectivity index (χ2n) is 10.2. The highest BCUT2D eigenvalue weighted by molar-refractivity contribution is 5.93. The summed E-state index contributed by atoms with van der Waals surface area (Å²) in [4.78, 5) is 22.2. The minimum atomic E-state index is 0.0458. The molecule has 8 nitrogen and oxygen atoms in total. The minimum Gasteiger partial charge on any atom is -0.310 e. The molecule has 5 rings (SSSR count). The summed E-state index contributed by atoms with van der Waals surface area (Å²) in [5, 5.41) is 13.2. The SMILES string of the molecule is CCCCC1CCC(C(=O)Nc2cc(C)nn2-c2ncnc3c2cnn3-c2ccc(C)c(C)c2)CC1.